The molecule has 0 radical (unpaired) electrons. The average Bonchev–Trinajstić information content (AvgIpc) is 2.80. The Bertz CT molecular complexity index is 256. The summed E-state index contributed by atoms with van der Waals surface area (Å²) in [7, 11) is 0. The number of alkyl carbamates (subject to hydrolysis) is 1. The number of hydrogen-bond donors (Lipinski definition) is 2. The quantitative estimate of drug-likeness (QED) is 0.795. The van der Waals surface area contributed by atoms with Crippen LogP contribution in [-0.2, 0) is 4.74 Å². The Balaban J connectivity index is 1.67. The van der Waals surface area contributed by atoms with Crippen molar-refractivity contribution in [2.45, 2.75) is 69.4 Å². The van der Waals surface area contributed by atoms with Crippen LogP contribution in [0.25, 0.3) is 0 Å². The van der Waals surface area contributed by atoms with Gasteiger partial charge in [-0.1, -0.05) is 32.1 Å². The lowest BCUT2D eigenvalue weighted by Crippen LogP contribution is -2.48. The maximum Gasteiger partial charge on any atom is 0.407 e. The highest BCUT2D eigenvalue weighted by atomic mass is 16.5. The van der Waals surface area contributed by atoms with Crippen molar-refractivity contribution >= 4 is 6.09 Å². The zero-order valence-corrected chi connectivity index (χ0v) is 10.5. The molecule has 0 aromatic rings. The minimum atomic E-state index is -0.285. The Morgan fingerprint density at radius 1 is 1.18 bits per heavy atom. The molecule has 0 atom stereocenters. The van der Waals surface area contributed by atoms with Crippen LogP contribution in [0.4, 0.5) is 4.79 Å². The minimum absolute atomic E-state index is 0.273. The van der Waals surface area contributed by atoms with Crippen molar-refractivity contribution in [1.29, 1.82) is 0 Å². The second-order valence-corrected chi connectivity index (χ2v) is 5.62. The summed E-state index contributed by atoms with van der Waals surface area (Å²) in [6.07, 6.45) is 9.84. The van der Waals surface area contributed by atoms with Crippen LogP contribution in [0.5, 0.6) is 0 Å². The summed E-state index contributed by atoms with van der Waals surface area (Å²) in [4.78, 5) is 11.6. The van der Waals surface area contributed by atoms with Crippen LogP contribution in [0, 0.1) is 0 Å². The minimum Gasteiger partial charge on any atom is -0.448 e. The maximum atomic E-state index is 11.6. The molecule has 2 saturated carbocycles. The summed E-state index contributed by atoms with van der Waals surface area (Å²) >= 11 is 0. The monoisotopic (exact) mass is 240 g/mol. The second kappa shape index (κ2) is 5.71. The van der Waals surface area contributed by atoms with Gasteiger partial charge in [0.15, 0.2) is 0 Å². The van der Waals surface area contributed by atoms with Crippen LogP contribution in [0.2, 0.25) is 0 Å². The van der Waals surface area contributed by atoms with Crippen LogP contribution in [-0.4, -0.2) is 24.3 Å². The lowest BCUT2D eigenvalue weighted by molar-refractivity contribution is 0.0987. The fourth-order valence-corrected chi connectivity index (χ4v) is 2.89. The highest BCUT2D eigenvalue weighted by molar-refractivity contribution is 5.67. The first kappa shape index (κ1) is 12.7. The molecule has 17 heavy (non-hydrogen) atoms. The third-order valence-electron chi connectivity index (χ3n) is 4.02. The molecule has 0 spiro atoms. The van der Waals surface area contributed by atoms with Gasteiger partial charge in [-0.2, -0.15) is 0 Å². The molecule has 4 nitrogen and oxygen atoms in total. The van der Waals surface area contributed by atoms with Gasteiger partial charge in [0, 0.05) is 6.04 Å². The second-order valence-electron chi connectivity index (χ2n) is 5.62. The van der Waals surface area contributed by atoms with Gasteiger partial charge in [-0.05, 0) is 25.7 Å². The van der Waals surface area contributed by atoms with Crippen LogP contribution in [0.1, 0.15) is 57.8 Å². The molecule has 2 rings (SSSR count). The number of nitrogens with two attached hydrogens (primary N) is 1. The molecule has 0 heterocycles. The van der Waals surface area contributed by atoms with Crippen molar-refractivity contribution in [2.75, 3.05) is 6.61 Å². The van der Waals surface area contributed by atoms with Gasteiger partial charge in [0.2, 0.25) is 0 Å². The molecule has 0 aromatic carbocycles. The highest BCUT2D eigenvalue weighted by Gasteiger charge is 2.29. The van der Waals surface area contributed by atoms with Gasteiger partial charge < -0.3 is 15.8 Å². The summed E-state index contributed by atoms with van der Waals surface area (Å²) in [5.74, 6) is 0. The molecule has 3 N–H and O–H groups in total. The predicted molar refractivity (Wildman–Crippen MR) is 66.7 cm³/mol. The van der Waals surface area contributed by atoms with Crippen molar-refractivity contribution in [3.63, 3.8) is 0 Å². The van der Waals surface area contributed by atoms with E-state index >= 15 is 0 Å². The van der Waals surface area contributed by atoms with E-state index < -0.39 is 0 Å². The maximum absolute atomic E-state index is 11.6. The van der Waals surface area contributed by atoms with Gasteiger partial charge in [-0.15, -0.1) is 0 Å². The van der Waals surface area contributed by atoms with Gasteiger partial charge in [-0.25, -0.2) is 4.79 Å². The molecule has 0 unspecified atom stereocenters. The summed E-state index contributed by atoms with van der Waals surface area (Å²) in [6, 6.07) is 0.322. The van der Waals surface area contributed by atoms with Gasteiger partial charge in [0.05, 0.1) is 5.54 Å². The predicted octanol–water partition coefficient (Wildman–Crippen LogP) is 2.32. The Hall–Kier alpha value is -0.770. The fourth-order valence-electron chi connectivity index (χ4n) is 2.89. The van der Waals surface area contributed by atoms with E-state index in [4.69, 9.17) is 10.5 Å². The molecule has 1 amide bonds. The number of rotatable bonds is 3. The topological polar surface area (TPSA) is 64.3 Å². The van der Waals surface area contributed by atoms with Gasteiger partial charge in [-0.3, -0.25) is 0 Å². The molecule has 0 aromatic heterocycles. The van der Waals surface area contributed by atoms with E-state index in [-0.39, 0.29) is 11.6 Å². The number of amides is 1. The normalized spacial score (nSPS) is 24.5. The van der Waals surface area contributed by atoms with Gasteiger partial charge in [0.1, 0.15) is 6.61 Å². The molecule has 2 aliphatic carbocycles. The zero-order valence-electron chi connectivity index (χ0n) is 10.5. The van der Waals surface area contributed by atoms with Crippen LogP contribution in [0.15, 0.2) is 0 Å². The van der Waals surface area contributed by atoms with E-state index in [0.29, 0.717) is 12.6 Å². The fraction of sp³-hybridized carbons (Fsp3) is 0.923. The third-order valence-corrected chi connectivity index (χ3v) is 4.02. The van der Waals surface area contributed by atoms with E-state index in [0.717, 1.165) is 38.5 Å². The lowest BCUT2D eigenvalue weighted by Gasteiger charge is -2.32. The van der Waals surface area contributed by atoms with Crippen LogP contribution in [0.3, 0.4) is 0 Å². The molecule has 0 bridgehead atoms. The summed E-state index contributed by atoms with van der Waals surface area (Å²) in [5.41, 5.74) is 5.94. The first-order valence-corrected chi connectivity index (χ1v) is 6.90. The Morgan fingerprint density at radius 2 is 1.82 bits per heavy atom. The molecule has 0 saturated heterocycles. The van der Waals surface area contributed by atoms with E-state index in [1.165, 1.54) is 19.3 Å². The van der Waals surface area contributed by atoms with E-state index in [9.17, 15) is 4.79 Å². The smallest absolute Gasteiger partial charge is 0.407 e. The third kappa shape index (κ3) is 3.87. The average molecular weight is 240 g/mol. The summed E-state index contributed by atoms with van der Waals surface area (Å²) in [5, 5.41) is 2.92. The molecule has 98 valence electrons. The van der Waals surface area contributed by atoms with E-state index in [1.807, 2.05) is 0 Å². The highest BCUT2D eigenvalue weighted by Crippen LogP contribution is 2.26. The van der Waals surface area contributed by atoms with Crippen molar-refractivity contribution in [1.82, 2.24) is 5.32 Å². The molecule has 4 heteroatoms. The molecule has 2 aliphatic rings. The standard InChI is InChI=1S/C13H24N2O2/c14-13(8-4-1-5-9-13)10-17-12(16)15-11-6-2-3-7-11/h11H,1-10,14H2,(H,15,16). The van der Waals surface area contributed by atoms with Crippen molar-refractivity contribution in [2.24, 2.45) is 5.73 Å². The number of carbonyl (C=O) groups is 1. The van der Waals surface area contributed by atoms with Crippen molar-refractivity contribution < 1.29 is 9.53 Å². The molecule has 2 fully saturated rings. The Labute approximate surface area is 103 Å². The lowest BCUT2D eigenvalue weighted by atomic mass is 9.83. The first-order chi connectivity index (χ1) is 8.18. The number of ether oxygens (including phenoxy) is 1. The van der Waals surface area contributed by atoms with Crippen LogP contribution >= 0.6 is 0 Å². The number of carbonyl (C=O) groups excluding carboxylic acids is 1. The summed E-state index contributed by atoms with van der Waals surface area (Å²) in [6.45, 7) is 0.367. The largest absolute Gasteiger partial charge is 0.448 e. The van der Waals surface area contributed by atoms with Gasteiger partial charge >= 0.3 is 6.09 Å². The molecular weight excluding hydrogens is 216 g/mol. The van der Waals surface area contributed by atoms with E-state index in [1.54, 1.807) is 0 Å². The summed E-state index contributed by atoms with van der Waals surface area (Å²) < 4.78 is 5.27. The van der Waals surface area contributed by atoms with Crippen LogP contribution < -0.4 is 11.1 Å². The van der Waals surface area contributed by atoms with Gasteiger partial charge in [0.25, 0.3) is 0 Å². The number of hydrogen-bond acceptors (Lipinski definition) is 3. The Morgan fingerprint density at radius 3 is 2.47 bits per heavy atom. The zero-order chi connectivity index (χ0) is 12.1. The molecule has 0 aliphatic heterocycles. The van der Waals surface area contributed by atoms with Crippen molar-refractivity contribution in [3.8, 4) is 0 Å². The SMILES string of the molecule is NC1(COC(=O)NC2CCCC2)CCCCC1. The molecular formula is C13H24N2O2. The van der Waals surface area contributed by atoms with E-state index in [2.05, 4.69) is 5.32 Å². The Kier molecular flexibility index (Phi) is 4.26. The first-order valence-electron chi connectivity index (χ1n) is 6.90. The number of nitrogens with one attached hydrogen (secondary N) is 1. The van der Waals surface area contributed by atoms with Crippen molar-refractivity contribution in [3.05, 3.63) is 0 Å².